The largest absolute Gasteiger partial charge is 0.339 e. The number of halogens is 1. The molecule has 2 nitrogen and oxygen atoms in total. The normalized spacial score (nSPS) is 39.9. The molecule has 4 saturated carbocycles. The predicted molar refractivity (Wildman–Crippen MR) is 81.2 cm³/mol. The van der Waals surface area contributed by atoms with E-state index in [2.05, 4.69) is 34.7 Å². The van der Waals surface area contributed by atoms with Crippen molar-refractivity contribution in [2.24, 2.45) is 29.6 Å². The van der Waals surface area contributed by atoms with Crippen LogP contribution in [0.2, 0.25) is 0 Å². The van der Waals surface area contributed by atoms with Crippen molar-refractivity contribution in [2.75, 3.05) is 11.9 Å². The van der Waals surface area contributed by atoms with Gasteiger partial charge in [-0.05, 0) is 69.6 Å². The summed E-state index contributed by atoms with van der Waals surface area (Å²) in [6.45, 7) is 5.16. The second kappa shape index (κ2) is 5.38. The molecule has 0 spiro atoms. The van der Waals surface area contributed by atoms with Crippen molar-refractivity contribution in [3.05, 3.63) is 0 Å². The molecule has 3 heteroatoms. The molecule has 0 aromatic rings. The molecule has 4 aliphatic rings. The predicted octanol–water partition coefficient (Wildman–Crippen LogP) is 3.69. The minimum absolute atomic E-state index is 0.335. The van der Waals surface area contributed by atoms with Crippen LogP contribution in [0.1, 0.15) is 46.0 Å². The number of hydrogen-bond acceptors (Lipinski definition) is 1. The Labute approximate surface area is 125 Å². The Morgan fingerprint density at radius 3 is 2.05 bits per heavy atom. The standard InChI is InChI=1S/C16H26BrNO/c1-10(2)18(4-3-17)16(19)15-13-6-11-5-12(8-13)9-14(15)7-11/h10-15H,3-9H2,1-2H3. The van der Waals surface area contributed by atoms with Gasteiger partial charge in [0.15, 0.2) is 0 Å². The van der Waals surface area contributed by atoms with E-state index in [4.69, 9.17) is 0 Å². The van der Waals surface area contributed by atoms with E-state index in [0.717, 1.165) is 23.7 Å². The van der Waals surface area contributed by atoms with Crippen LogP contribution in [0.5, 0.6) is 0 Å². The van der Waals surface area contributed by atoms with Gasteiger partial charge >= 0.3 is 0 Å². The molecule has 0 unspecified atom stereocenters. The number of carbonyl (C=O) groups excluding carboxylic acids is 1. The Bertz CT molecular complexity index is 327. The average Bonchev–Trinajstić information content (AvgIpc) is 2.33. The number of alkyl halides is 1. The maximum absolute atomic E-state index is 13.0. The Morgan fingerprint density at radius 1 is 1.11 bits per heavy atom. The molecule has 0 aliphatic heterocycles. The van der Waals surface area contributed by atoms with Crippen molar-refractivity contribution in [3.8, 4) is 0 Å². The smallest absolute Gasteiger partial charge is 0.226 e. The minimum Gasteiger partial charge on any atom is -0.339 e. The number of amides is 1. The van der Waals surface area contributed by atoms with Crippen molar-refractivity contribution < 1.29 is 4.79 Å². The van der Waals surface area contributed by atoms with Gasteiger partial charge in [-0.3, -0.25) is 4.79 Å². The van der Waals surface area contributed by atoms with Gasteiger partial charge in [0.25, 0.3) is 0 Å². The highest BCUT2D eigenvalue weighted by Gasteiger charge is 2.51. The summed E-state index contributed by atoms with van der Waals surface area (Å²) in [5, 5.41) is 0.893. The van der Waals surface area contributed by atoms with Crippen LogP contribution in [0, 0.1) is 29.6 Å². The van der Waals surface area contributed by atoms with Crippen LogP contribution >= 0.6 is 15.9 Å². The van der Waals surface area contributed by atoms with Gasteiger partial charge in [0.05, 0.1) is 0 Å². The number of nitrogens with zero attached hydrogens (tertiary/aromatic N) is 1. The molecule has 0 N–H and O–H groups in total. The third-order valence-electron chi connectivity index (χ3n) is 5.74. The Kier molecular flexibility index (Phi) is 3.94. The Hall–Kier alpha value is -0.0500. The quantitative estimate of drug-likeness (QED) is 0.721. The van der Waals surface area contributed by atoms with Crippen LogP contribution in [0.25, 0.3) is 0 Å². The number of rotatable bonds is 4. The third kappa shape index (κ3) is 2.48. The van der Waals surface area contributed by atoms with Crippen LogP contribution in [-0.4, -0.2) is 28.7 Å². The molecule has 4 fully saturated rings. The van der Waals surface area contributed by atoms with Crippen LogP contribution in [0.15, 0.2) is 0 Å². The molecule has 0 atom stereocenters. The highest BCUT2D eigenvalue weighted by atomic mass is 79.9. The maximum atomic E-state index is 13.0. The monoisotopic (exact) mass is 327 g/mol. The molecule has 4 bridgehead atoms. The lowest BCUT2D eigenvalue weighted by Gasteiger charge is -2.54. The van der Waals surface area contributed by atoms with E-state index in [1.54, 1.807) is 0 Å². The van der Waals surface area contributed by atoms with Gasteiger partial charge in [0.2, 0.25) is 5.91 Å². The summed E-state index contributed by atoms with van der Waals surface area (Å²) in [6.07, 6.45) is 6.81. The van der Waals surface area contributed by atoms with Gasteiger partial charge in [-0.15, -0.1) is 0 Å². The van der Waals surface area contributed by atoms with E-state index in [1.807, 2.05) is 0 Å². The molecule has 4 rings (SSSR count). The van der Waals surface area contributed by atoms with Gasteiger partial charge in [-0.25, -0.2) is 0 Å². The second-order valence-electron chi connectivity index (χ2n) is 7.27. The fourth-order valence-electron chi connectivity index (χ4n) is 5.23. The molecule has 0 radical (unpaired) electrons. The maximum Gasteiger partial charge on any atom is 0.226 e. The van der Waals surface area contributed by atoms with Gasteiger partial charge in [0, 0.05) is 23.8 Å². The minimum atomic E-state index is 0.335. The lowest BCUT2D eigenvalue weighted by atomic mass is 9.51. The van der Waals surface area contributed by atoms with E-state index >= 15 is 0 Å². The van der Waals surface area contributed by atoms with Gasteiger partial charge < -0.3 is 4.90 Å². The van der Waals surface area contributed by atoms with Gasteiger partial charge in [-0.1, -0.05) is 15.9 Å². The summed E-state index contributed by atoms with van der Waals surface area (Å²) < 4.78 is 0. The van der Waals surface area contributed by atoms with Gasteiger partial charge in [-0.2, -0.15) is 0 Å². The zero-order valence-corrected chi connectivity index (χ0v) is 13.7. The summed E-state index contributed by atoms with van der Waals surface area (Å²) in [6, 6.07) is 0.335. The SMILES string of the molecule is CC(C)N(CCBr)C(=O)C1C2CC3CC(C2)CC1C3. The first-order chi connectivity index (χ1) is 9.10. The van der Waals surface area contributed by atoms with E-state index in [1.165, 1.54) is 32.1 Å². The molecule has 108 valence electrons. The Morgan fingerprint density at radius 2 is 1.63 bits per heavy atom. The van der Waals surface area contributed by atoms with Crippen molar-refractivity contribution >= 4 is 21.8 Å². The lowest BCUT2D eigenvalue weighted by molar-refractivity contribution is -0.150. The summed E-state index contributed by atoms with van der Waals surface area (Å²) in [4.78, 5) is 15.1. The molecule has 0 heterocycles. The van der Waals surface area contributed by atoms with E-state index in [-0.39, 0.29) is 0 Å². The first kappa shape index (κ1) is 13.9. The lowest BCUT2D eigenvalue weighted by Crippen LogP contribution is -2.53. The van der Waals surface area contributed by atoms with Crippen molar-refractivity contribution in [3.63, 3.8) is 0 Å². The van der Waals surface area contributed by atoms with E-state index in [0.29, 0.717) is 29.7 Å². The summed E-state index contributed by atoms with van der Waals surface area (Å²) in [5.41, 5.74) is 0. The number of carbonyl (C=O) groups is 1. The number of hydrogen-bond donors (Lipinski definition) is 0. The average molecular weight is 328 g/mol. The highest BCUT2D eigenvalue weighted by molar-refractivity contribution is 9.09. The molecule has 0 aromatic carbocycles. The van der Waals surface area contributed by atoms with Crippen LogP contribution < -0.4 is 0 Å². The van der Waals surface area contributed by atoms with E-state index < -0.39 is 0 Å². The molecule has 4 aliphatic carbocycles. The van der Waals surface area contributed by atoms with Crippen LogP contribution in [0.4, 0.5) is 0 Å². The summed E-state index contributed by atoms with van der Waals surface area (Å²) in [7, 11) is 0. The molecule has 19 heavy (non-hydrogen) atoms. The molecule has 1 amide bonds. The van der Waals surface area contributed by atoms with Gasteiger partial charge in [0.1, 0.15) is 0 Å². The zero-order valence-electron chi connectivity index (χ0n) is 12.1. The Balaban J connectivity index is 1.76. The first-order valence-electron chi connectivity index (χ1n) is 7.96. The fraction of sp³-hybridized carbons (Fsp3) is 0.938. The van der Waals surface area contributed by atoms with Crippen molar-refractivity contribution in [1.29, 1.82) is 0 Å². The van der Waals surface area contributed by atoms with Crippen LogP contribution in [0.3, 0.4) is 0 Å². The third-order valence-corrected chi connectivity index (χ3v) is 6.10. The molecule has 0 saturated heterocycles. The summed E-state index contributed by atoms with van der Waals surface area (Å²) >= 11 is 3.49. The second-order valence-corrected chi connectivity index (χ2v) is 8.06. The van der Waals surface area contributed by atoms with E-state index in [9.17, 15) is 4.79 Å². The highest BCUT2D eigenvalue weighted by Crippen LogP contribution is 2.56. The van der Waals surface area contributed by atoms with Crippen molar-refractivity contribution in [2.45, 2.75) is 52.0 Å². The molecular formula is C16H26BrNO. The first-order valence-corrected chi connectivity index (χ1v) is 9.08. The topological polar surface area (TPSA) is 20.3 Å². The molecular weight excluding hydrogens is 302 g/mol. The van der Waals surface area contributed by atoms with Crippen LogP contribution in [-0.2, 0) is 4.79 Å². The fourth-order valence-corrected chi connectivity index (χ4v) is 5.62. The van der Waals surface area contributed by atoms with Crippen molar-refractivity contribution in [1.82, 2.24) is 4.90 Å². The summed E-state index contributed by atoms with van der Waals surface area (Å²) in [5.74, 6) is 4.14. The molecule has 0 aromatic heterocycles. The zero-order chi connectivity index (χ0) is 13.6.